The standard InChI is InChI=1S/C32H20F48O18Si/c1-82-99(83-2,84-3)6-4-5-85-8-10(35,36)86-11(37,38)12(39,40)88-13(41,42)14(43,44)89-15(45,46)16(47,48)90-17(49,50)18(51,52)91-19(53,54)20(55,56)92-21(57,58)22(59,60)93-23(61,62)24(63,64)94-25(65,66)26(67,68)95-27(69,70)28(71,72)96-29(73,74)30(75,76)97-32(79,80)98-31(77,78)87-9(33,34)7-81/h81H,4-8H2,1-3H3. The predicted molar refractivity (Wildman–Crippen MR) is 187 cm³/mol. The average molecular weight is 1630 g/mol. The Labute approximate surface area is 505 Å². The Balaban J connectivity index is 6.59. The van der Waals surface area contributed by atoms with Gasteiger partial charge in [-0.15, -0.1) is 17.6 Å². The minimum Gasteiger partial charge on any atom is -0.387 e. The molecule has 0 aromatic rings. The van der Waals surface area contributed by atoms with Gasteiger partial charge in [-0.25, -0.2) is 61.6 Å². The van der Waals surface area contributed by atoms with Crippen LogP contribution >= 0.6 is 0 Å². The van der Waals surface area contributed by atoms with Crippen LogP contribution in [0, 0.1) is 0 Å². The summed E-state index contributed by atoms with van der Waals surface area (Å²) in [5.74, 6) is 0. The summed E-state index contributed by atoms with van der Waals surface area (Å²) in [4.78, 5) is 0. The quantitative estimate of drug-likeness (QED) is 0.0263. The monoisotopic (exact) mass is 1630 g/mol. The van der Waals surface area contributed by atoms with E-state index in [1.54, 1.807) is 4.74 Å². The van der Waals surface area contributed by atoms with Crippen molar-refractivity contribution in [2.45, 2.75) is 159 Å². The molecular weight excluding hydrogens is 1610 g/mol. The zero-order chi connectivity index (χ0) is 80.1. The minimum atomic E-state index is -8.91. The van der Waals surface area contributed by atoms with Gasteiger partial charge in [-0.05, 0) is 6.42 Å². The third-order valence-corrected chi connectivity index (χ3v) is 11.7. The van der Waals surface area contributed by atoms with Gasteiger partial charge in [0.15, 0.2) is 0 Å². The van der Waals surface area contributed by atoms with Crippen molar-refractivity contribution < 1.29 is 295 Å². The summed E-state index contributed by atoms with van der Waals surface area (Å²) in [5, 5.41) is 7.95. The predicted octanol–water partition coefficient (Wildman–Crippen LogP) is 14.6. The molecule has 18 nitrogen and oxygen atoms in total. The molecule has 0 spiro atoms. The summed E-state index contributed by atoms with van der Waals surface area (Å²) >= 11 is 0. The first-order valence-electron chi connectivity index (χ1n) is 21.7. The van der Waals surface area contributed by atoms with Crippen LogP contribution in [0.2, 0.25) is 6.04 Å². The van der Waals surface area contributed by atoms with E-state index < -0.39 is 188 Å². The van der Waals surface area contributed by atoms with Crippen LogP contribution in [-0.2, 0) is 79.6 Å². The Morgan fingerprint density at radius 1 is 0.222 bits per heavy atom. The highest BCUT2D eigenvalue weighted by Crippen LogP contribution is 2.58. The summed E-state index contributed by atoms with van der Waals surface area (Å²) in [6.45, 7) is -6.79. The lowest BCUT2D eigenvalue weighted by molar-refractivity contribution is -0.612. The highest BCUT2D eigenvalue weighted by molar-refractivity contribution is 6.60. The van der Waals surface area contributed by atoms with Crippen molar-refractivity contribution in [3.63, 3.8) is 0 Å². The lowest BCUT2D eigenvalue weighted by Crippen LogP contribution is -2.63. The van der Waals surface area contributed by atoms with E-state index in [0.717, 1.165) is 59.2 Å². The fourth-order valence-electron chi connectivity index (χ4n) is 4.53. The van der Waals surface area contributed by atoms with Gasteiger partial charge in [-0.2, -0.15) is 193 Å². The van der Waals surface area contributed by atoms with Crippen LogP contribution < -0.4 is 0 Å². The second-order valence-corrected chi connectivity index (χ2v) is 19.6. The summed E-state index contributed by atoms with van der Waals surface area (Å²) in [5.41, 5.74) is 0. The van der Waals surface area contributed by atoms with E-state index in [2.05, 4.69) is 9.47 Å². The van der Waals surface area contributed by atoms with Crippen LogP contribution in [0.15, 0.2) is 0 Å². The van der Waals surface area contributed by atoms with E-state index in [9.17, 15) is 211 Å². The van der Waals surface area contributed by atoms with Gasteiger partial charge in [0.05, 0.1) is 0 Å². The molecule has 0 amide bonds. The van der Waals surface area contributed by atoms with Crippen LogP contribution in [0.4, 0.5) is 211 Å². The number of alkyl halides is 48. The van der Waals surface area contributed by atoms with Gasteiger partial charge >= 0.3 is 156 Å². The first-order chi connectivity index (χ1) is 42.6. The first-order valence-corrected chi connectivity index (χ1v) is 23.6. The molecule has 596 valence electrons. The maximum atomic E-state index is 13.9. The van der Waals surface area contributed by atoms with Gasteiger partial charge in [0.25, 0.3) is 0 Å². The third kappa shape index (κ3) is 23.1. The first kappa shape index (κ1) is 95.1. The fourth-order valence-corrected chi connectivity index (χ4v) is 6.22. The number of ether oxygens (including phenoxy) is 14. The van der Waals surface area contributed by atoms with Gasteiger partial charge in [0, 0.05) is 34.0 Å². The largest absolute Gasteiger partial charge is 0.500 e. The number of hydrogen-bond donors (Lipinski definition) is 1. The van der Waals surface area contributed by atoms with Crippen molar-refractivity contribution >= 4 is 8.80 Å². The normalized spacial score (nSPS) is 16.4. The zero-order valence-corrected chi connectivity index (χ0v) is 45.6. The van der Waals surface area contributed by atoms with Crippen molar-refractivity contribution in [3.05, 3.63) is 0 Å². The molecule has 0 aliphatic carbocycles. The average Bonchev–Trinajstić information content (AvgIpc) is 0.754. The molecule has 0 aromatic heterocycles. The van der Waals surface area contributed by atoms with Crippen molar-refractivity contribution in [1.82, 2.24) is 0 Å². The van der Waals surface area contributed by atoms with Gasteiger partial charge in [-0.3, -0.25) is 0 Å². The van der Waals surface area contributed by atoms with Crippen LogP contribution in [0.5, 0.6) is 0 Å². The molecule has 0 saturated heterocycles. The van der Waals surface area contributed by atoms with E-state index in [1.807, 2.05) is 4.74 Å². The van der Waals surface area contributed by atoms with Crippen LogP contribution in [0.25, 0.3) is 0 Å². The zero-order valence-electron chi connectivity index (χ0n) is 44.6. The molecule has 0 bridgehead atoms. The molecule has 1 N–H and O–H groups in total. The van der Waals surface area contributed by atoms with Crippen molar-refractivity contribution in [1.29, 1.82) is 0 Å². The van der Waals surface area contributed by atoms with E-state index in [0.29, 0.717) is 0 Å². The lowest BCUT2D eigenvalue weighted by Gasteiger charge is -2.38. The van der Waals surface area contributed by atoms with E-state index in [-0.39, 0.29) is 0 Å². The Morgan fingerprint density at radius 3 is 0.576 bits per heavy atom. The third-order valence-electron chi connectivity index (χ3n) is 8.88. The minimum absolute atomic E-state index is 0.399. The maximum absolute atomic E-state index is 13.9. The summed E-state index contributed by atoms with van der Waals surface area (Å²) in [6, 6.07) is -0.399. The molecule has 0 radical (unpaired) electrons. The summed E-state index contributed by atoms with van der Waals surface area (Å²) < 4.78 is 692. The maximum Gasteiger partial charge on any atom is 0.500 e. The van der Waals surface area contributed by atoms with Crippen molar-refractivity contribution in [2.24, 2.45) is 0 Å². The van der Waals surface area contributed by atoms with E-state index in [4.69, 9.17) is 18.4 Å². The smallest absolute Gasteiger partial charge is 0.387 e. The molecule has 0 aliphatic rings. The summed E-state index contributed by atoms with van der Waals surface area (Å²) in [6.07, 6.45) is -199. The molecule has 67 heteroatoms. The number of hydrogen-bond acceptors (Lipinski definition) is 18. The fraction of sp³-hybridized carbons (Fsp3) is 1.00. The van der Waals surface area contributed by atoms with Gasteiger partial charge in [-0.1, -0.05) is 0 Å². The molecule has 0 heterocycles. The van der Waals surface area contributed by atoms with E-state index >= 15 is 0 Å². The molecule has 0 aromatic carbocycles. The Bertz CT molecular complexity index is 2600. The topological polar surface area (TPSA) is 177 Å². The molecule has 99 heavy (non-hydrogen) atoms. The second kappa shape index (κ2) is 28.9. The summed E-state index contributed by atoms with van der Waals surface area (Å²) in [7, 11) is -0.707. The van der Waals surface area contributed by atoms with Crippen LogP contribution in [0.3, 0.4) is 0 Å². The lowest BCUT2D eigenvalue weighted by atomic mass is 10.4. The Kier molecular flexibility index (Phi) is 27.8. The van der Waals surface area contributed by atoms with Gasteiger partial charge < -0.3 is 23.1 Å². The molecule has 0 fully saturated rings. The van der Waals surface area contributed by atoms with Crippen LogP contribution in [0.1, 0.15) is 6.42 Å². The Morgan fingerprint density at radius 2 is 0.394 bits per heavy atom. The number of aliphatic hydroxyl groups excluding tert-OH is 1. The van der Waals surface area contributed by atoms with Crippen LogP contribution in [-0.4, -0.2) is 202 Å². The Hall–Kier alpha value is -3.86. The van der Waals surface area contributed by atoms with Gasteiger partial charge in [0.2, 0.25) is 0 Å². The number of rotatable bonds is 46. The SMILES string of the molecule is CO[Si](CCCOCC(F)(F)OC(F)(F)C(F)(F)OC(F)(F)C(F)(F)OC(F)(F)C(F)(F)OC(F)(F)C(F)(F)OC(F)(F)C(F)(F)OC(F)(F)C(F)(F)OC(F)(F)C(F)(F)OC(F)(F)C(F)(F)OC(F)(F)C(F)(F)OC(F)(F)C(F)(F)OC(F)(F)OC(F)(F)OC(F)(F)CO)(OC)OC. The number of halogens is 48. The number of aliphatic hydroxyl groups is 1. The molecule has 0 saturated carbocycles. The molecule has 0 aliphatic heterocycles. The molecule has 0 rings (SSSR count). The highest BCUT2D eigenvalue weighted by Gasteiger charge is 2.84. The van der Waals surface area contributed by atoms with E-state index in [1.165, 1.54) is 9.47 Å². The van der Waals surface area contributed by atoms with Crippen molar-refractivity contribution in [2.75, 3.05) is 41.2 Å². The van der Waals surface area contributed by atoms with Gasteiger partial charge in [0.1, 0.15) is 13.2 Å². The highest BCUT2D eigenvalue weighted by atomic mass is 28.4. The molecule has 0 atom stereocenters. The molecule has 0 unspecified atom stereocenters. The van der Waals surface area contributed by atoms with Crippen molar-refractivity contribution in [3.8, 4) is 0 Å². The molecular formula is C32H20F48O18Si. The second-order valence-electron chi connectivity index (χ2n) is 16.5.